The molecule has 3 rings (SSSR count). The molecule has 0 saturated carbocycles. The molecule has 110 valence electrons. The molecule has 0 saturated heterocycles. The smallest absolute Gasteiger partial charge is 0.0713 e. The molecular formula is C18H22N2O. The molecule has 21 heavy (non-hydrogen) atoms. The fourth-order valence-corrected chi connectivity index (χ4v) is 3.08. The minimum atomic E-state index is 0.272. The maximum Gasteiger partial charge on any atom is 0.0713 e. The van der Waals surface area contributed by atoms with Crippen molar-refractivity contribution in [2.24, 2.45) is 5.73 Å². The second-order valence-corrected chi connectivity index (χ2v) is 5.60. The van der Waals surface area contributed by atoms with Crippen LogP contribution in [-0.4, -0.2) is 18.6 Å². The Hall–Kier alpha value is -1.68. The first-order chi connectivity index (χ1) is 10.3. The molecule has 0 fully saturated rings. The van der Waals surface area contributed by atoms with Gasteiger partial charge in [0, 0.05) is 32.8 Å². The topological polar surface area (TPSA) is 38.5 Å². The predicted molar refractivity (Wildman–Crippen MR) is 84.6 cm³/mol. The number of benzene rings is 2. The molecule has 1 heterocycles. The van der Waals surface area contributed by atoms with E-state index in [1.807, 2.05) is 0 Å². The van der Waals surface area contributed by atoms with Crippen molar-refractivity contribution >= 4 is 0 Å². The highest BCUT2D eigenvalue weighted by molar-refractivity contribution is 5.32. The number of nitrogens with zero attached hydrogens (tertiary/aromatic N) is 1. The highest BCUT2D eigenvalue weighted by atomic mass is 16.5. The third-order valence-electron chi connectivity index (χ3n) is 4.20. The fraction of sp³-hybridized carbons (Fsp3) is 0.333. The maximum absolute atomic E-state index is 6.05. The fourth-order valence-electron chi connectivity index (χ4n) is 3.08. The van der Waals surface area contributed by atoms with Crippen LogP contribution in [0.15, 0.2) is 48.5 Å². The molecule has 1 unspecified atom stereocenters. The molecule has 2 N–H and O–H groups in total. The number of ether oxygens (including phenoxy) is 1. The van der Waals surface area contributed by atoms with Gasteiger partial charge in [-0.3, -0.25) is 4.90 Å². The Morgan fingerprint density at radius 3 is 2.19 bits per heavy atom. The number of hydrogen-bond donors (Lipinski definition) is 1. The first-order valence-corrected chi connectivity index (χ1v) is 7.40. The highest BCUT2D eigenvalue weighted by Gasteiger charge is 2.25. The second kappa shape index (κ2) is 6.39. The van der Waals surface area contributed by atoms with E-state index < -0.39 is 0 Å². The van der Waals surface area contributed by atoms with Crippen LogP contribution in [0, 0.1) is 0 Å². The second-order valence-electron chi connectivity index (χ2n) is 5.60. The van der Waals surface area contributed by atoms with E-state index in [0.29, 0.717) is 13.2 Å². The molecule has 1 aliphatic rings. The summed E-state index contributed by atoms with van der Waals surface area (Å²) in [4.78, 5) is 2.45. The summed E-state index contributed by atoms with van der Waals surface area (Å²) in [6, 6.07) is 17.5. The lowest BCUT2D eigenvalue weighted by molar-refractivity contribution is 0.184. The van der Waals surface area contributed by atoms with Crippen LogP contribution in [0.2, 0.25) is 0 Å². The summed E-state index contributed by atoms with van der Waals surface area (Å²) in [6.07, 6.45) is 0. The summed E-state index contributed by atoms with van der Waals surface area (Å²) in [5.74, 6) is 0. The number of rotatable bonds is 5. The number of hydrogen-bond acceptors (Lipinski definition) is 3. The van der Waals surface area contributed by atoms with Crippen LogP contribution in [0.25, 0.3) is 0 Å². The summed E-state index contributed by atoms with van der Waals surface area (Å²) >= 11 is 0. The molecule has 0 amide bonds. The normalized spacial score (nSPS) is 15.9. The molecule has 1 aliphatic heterocycles. The monoisotopic (exact) mass is 282 g/mol. The van der Waals surface area contributed by atoms with Crippen molar-refractivity contribution in [3.63, 3.8) is 0 Å². The average Bonchev–Trinajstić information content (AvgIpc) is 2.93. The Morgan fingerprint density at radius 2 is 1.67 bits per heavy atom. The minimum Gasteiger partial charge on any atom is -0.380 e. The summed E-state index contributed by atoms with van der Waals surface area (Å²) in [6.45, 7) is 3.26. The summed E-state index contributed by atoms with van der Waals surface area (Å²) in [5, 5.41) is 0. The lowest BCUT2D eigenvalue weighted by Gasteiger charge is -2.26. The van der Waals surface area contributed by atoms with Crippen LogP contribution >= 0.6 is 0 Å². The summed E-state index contributed by atoms with van der Waals surface area (Å²) < 4.78 is 5.16. The van der Waals surface area contributed by atoms with Gasteiger partial charge in [0.25, 0.3) is 0 Å². The average molecular weight is 282 g/mol. The molecule has 1 atom stereocenters. The highest BCUT2D eigenvalue weighted by Crippen LogP contribution is 2.30. The van der Waals surface area contributed by atoms with Crippen LogP contribution in [0.4, 0.5) is 0 Å². The third-order valence-corrected chi connectivity index (χ3v) is 4.20. The Kier molecular flexibility index (Phi) is 4.34. The van der Waals surface area contributed by atoms with Gasteiger partial charge >= 0.3 is 0 Å². The van der Waals surface area contributed by atoms with Crippen molar-refractivity contribution in [1.82, 2.24) is 4.90 Å². The zero-order valence-electron chi connectivity index (χ0n) is 12.5. The van der Waals surface area contributed by atoms with Gasteiger partial charge in [-0.1, -0.05) is 48.5 Å². The van der Waals surface area contributed by atoms with Gasteiger partial charge in [0.15, 0.2) is 0 Å². The molecule has 3 heteroatoms. The van der Waals surface area contributed by atoms with Crippen molar-refractivity contribution in [1.29, 1.82) is 0 Å². The molecular weight excluding hydrogens is 260 g/mol. The van der Waals surface area contributed by atoms with Crippen molar-refractivity contribution in [2.75, 3.05) is 13.7 Å². The van der Waals surface area contributed by atoms with Gasteiger partial charge in [-0.2, -0.15) is 0 Å². The first kappa shape index (κ1) is 14.3. The molecule has 2 aromatic carbocycles. The first-order valence-electron chi connectivity index (χ1n) is 7.40. The molecule has 0 radical (unpaired) electrons. The summed E-state index contributed by atoms with van der Waals surface area (Å²) in [5.41, 5.74) is 11.4. The van der Waals surface area contributed by atoms with Crippen LogP contribution < -0.4 is 5.73 Å². The number of nitrogens with two attached hydrogens (primary N) is 1. The maximum atomic E-state index is 6.05. The lowest BCUT2D eigenvalue weighted by Crippen LogP contribution is -2.29. The van der Waals surface area contributed by atoms with Gasteiger partial charge in [0.05, 0.1) is 6.61 Å². The molecule has 0 bridgehead atoms. The molecule has 3 nitrogen and oxygen atoms in total. The Bertz CT molecular complexity index is 569. The zero-order chi connectivity index (χ0) is 14.7. The van der Waals surface area contributed by atoms with E-state index >= 15 is 0 Å². The largest absolute Gasteiger partial charge is 0.380 e. The third kappa shape index (κ3) is 3.00. The SMILES string of the molecule is COCc1ccc(C(CN)N2Cc3ccccc3C2)cc1. The minimum absolute atomic E-state index is 0.272. The van der Waals surface area contributed by atoms with E-state index in [0.717, 1.165) is 13.1 Å². The van der Waals surface area contributed by atoms with Crippen molar-refractivity contribution < 1.29 is 4.74 Å². The van der Waals surface area contributed by atoms with Gasteiger partial charge in [0.2, 0.25) is 0 Å². The van der Waals surface area contributed by atoms with E-state index in [4.69, 9.17) is 10.5 Å². The standard InChI is InChI=1S/C18H22N2O/c1-21-13-14-6-8-15(9-7-14)18(10-19)20-11-16-4-2-3-5-17(16)12-20/h2-9,18H,10-13,19H2,1H3. The van der Waals surface area contributed by atoms with Crippen molar-refractivity contribution in [3.05, 3.63) is 70.8 Å². The summed E-state index contributed by atoms with van der Waals surface area (Å²) in [7, 11) is 1.72. The van der Waals surface area contributed by atoms with Crippen molar-refractivity contribution in [3.8, 4) is 0 Å². The van der Waals surface area contributed by atoms with Crippen LogP contribution in [0.3, 0.4) is 0 Å². The van der Waals surface area contributed by atoms with Crippen LogP contribution in [0.5, 0.6) is 0 Å². The Morgan fingerprint density at radius 1 is 1.05 bits per heavy atom. The zero-order valence-corrected chi connectivity index (χ0v) is 12.5. The van der Waals surface area contributed by atoms with E-state index in [2.05, 4.69) is 53.4 Å². The molecule has 0 aliphatic carbocycles. The van der Waals surface area contributed by atoms with Gasteiger partial charge in [-0.25, -0.2) is 0 Å². The van der Waals surface area contributed by atoms with E-state index in [9.17, 15) is 0 Å². The van der Waals surface area contributed by atoms with E-state index in [-0.39, 0.29) is 6.04 Å². The Balaban J connectivity index is 1.77. The number of fused-ring (bicyclic) bond motifs is 1. The van der Waals surface area contributed by atoms with Gasteiger partial charge < -0.3 is 10.5 Å². The van der Waals surface area contributed by atoms with Crippen molar-refractivity contribution in [2.45, 2.75) is 25.7 Å². The Labute approximate surface area is 126 Å². The van der Waals surface area contributed by atoms with Gasteiger partial charge in [-0.15, -0.1) is 0 Å². The predicted octanol–water partition coefficient (Wildman–Crippen LogP) is 2.85. The quantitative estimate of drug-likeness (QED) is 0.916. The van der Waals surface area contributed by atoms with Crippen LogP contribution in [0.1, 0.15) is 28.3 Å². The number of methoxy groups -OCH3 is 1. The molecule has 2 aromatic rings. The van der Waals surface area contributed by atoms with Gasteiger partial charge in [-0.05, 0) is 22.3 Å². The molecule has 0 spiro atoms. The van der Waals surface area contributed by atoms with E-state index in [1.165, 1.54) is 22.3 Å². The lowest BCUT2D eigenvalue weighted by atomic mass is 10.0. The van der Waals surface area contributed by atoms with E-state index in [1.54, 1.807) is 7.11 Å². The molecule has 0 aromatic heterocycles. The van der Waals surface area contributed by atoms with Gasteiger partial charge in [0.1, 0.15) is 0 Å². The van der Waals surface area contributed by atoms with Crippen LogP contribution in [-0.2, 0) is 24.4 Å².